The molecule has 0 fully saturated rings. The number of aromatic nitrogens is 2. The standard InChI is InChI=1S/C14H16ClN3O/c1-10-5-3-4-6-12(10)13(19-2)9-18-14-16-7-11(15)8-17-14/h3-8,13H,9H2,1-2H3,(H,16,17,18). The van der Waals surface area contributed by atoms with Crippen molar-refractivity contribution in [3.63, 3.8) is 0 Å². The van der Waals surface area contributed by atoms with Crippen LogP contribution in [0.5, 0.6) is 0 Å². The number of hydrogen-bond donors (Lipinski definition) is 1. The number of aryl methyl sites for hydroxylation is 1. The van der Waals surface area contributed by atoms with E-state index in [-0.39, 0.29) is 6.10 Å². The molecule has 0 saturated carbocycles. The molecular weight excluding hydrogens is 262 g/mol. The Morgan fingerprint density at radius 1 is 1.26 bits per heavy atom. The molecule has 1 heterocycles. The minimum absolute atomic E-state index is 0.0412. The molecule has 0 aliphatic heterocycles. The fraction of sp³-hybridized carbons (Fsp3) is 0.286. The first-order chi connectivity index (χ1) is 9.20. The van der Waals surface area contributed by atoms with Crippen LogP contribution in [0, 0.1) is 6.92 Å². The Kier molecular flexibility index (Phi) is 4.71. The van der Waals surface area contributed by atoms with Crippen LogP contribution in [-0.4, -0.2) is 23.6 Å². The SMILES string of the molecule is COC(CNc1ncc(Cl)cn1)c1ccccc1C. The molecule has 0 amide bonds. The maximum Gasteiger partial charge on any atom is 0.222 e. The lowest BCUT2D eigenvalue weighted by atomic mass is 10.0. The van der Waals surface area contributed by atoms with E-state index in [9.17, 15) is 0 Å². The summed E-state index contributed by atoms with van der Waals surface area (Å²) >= 11 is 5.74. The Balaban J connectivity index is 2.04. The van der Waals surface area contributed by atoms with E-state index in [1.165, 1.54) is 5.56 Å². The van der Waals surface area contributed by atoms with Gasteiger partial charge >= 0.3 is 0 Å². The zero-order chi connectivity index (χ0) is 13.7. The number of anilines is 1. The molecule has 0 spiro atoms. The third kappa shape index (κ3) is 3.66. The van der Waals surface area contributed by atoms with Crippen molar-refractivity contribution in [3.05, 3.63) is 52.8 Å². The first kappa shape index (κ1) is 13.8. The molecule has 0 aliphatic carbocycles. The average molecular weight is 278 g/mol. The van der Waals surface area contributed by atoms with E-state index in [0.717, 1.165) is 5.56 Å². The number of methoxy groups -OCH3 is 1. The second kappa shape index (κ2) is 6.50. The second-order valence-corrected chi connectivity index (χ2v) is 4.62. The van der Waals surface area contributed by atoms with Crippen LogP contribution in [0.1, 0.15) is 17.2 Å². The average Bonchev–Trinajstić information content (AvgIpc) is 2.43. The van der Waals surface area contributed by atoms with E-state index in [1.54, 1.807) is 19.5 Å². The van der Waals surface area contributed by atoms with Crippen molar-refractivity contribution in [1.29, 1.82) is 0 Å². The van der Waals surface area contributed by atoms with Crippen LogP contribution < -0.4 is 5.32 Å². The molecule has 100 valence electrons. The van der Waals surface area contributed by atoms with Gasteiger partial charge in [-0.2, -0.15) is 0 Å². The number of ether oxygens (including phenoxy) is 1. The van der Waals surface area contributed by atoms with E-state index in [4.69, 9.17) is 16.3 Å². The Labute approximate surface area is 117 Å². The van der Waals surface area contributed by atoms with Gasteiger partial charge in [-0.3, -0.25) is 0 Å². The molecule has 1 aromatic carbocycles. The molecule has 0 radical (unpaired) electrons. The fourth-order valence-electron chi connectivity index (χ4n) is 1.86. The van der Waals surface area contributed by atoms with Gasteiger partial charge in [0, 0.05) is 13.7 Å². The molecule has 4 nitrogen and oxygen atoms in total. The second-order valence-electron chi connectivity index (χ2n) is 4.19. The van der Waals surface area contributed by atoms with E-state index in [1.807, 2.05) is 12.1 Å². The van der Waals surface area contributed by atoms with Crippen molar-refractivity contribution in [1.82, 2.24) is 9.97 Å². The van der Waals surface area contributed by atoms with Gasteiger partial charge in [-0.25, -0.2) is 9.97 Å². The summed E-state index contributed by atoms with van der Waals surface area (Å²) in [6.45, 7) is 2.67. The minimum atomic E-state index is -0.0412. The van der Waals surface area contributed by atoms with E-state index >= 15 is 0 Å². The van der Waals surface area contributed by atoms with Crippen molar-refractivity contribution in [2.45, 2.75) is 13.0 Å². The van der Waals surface area contributed by atoms with Gasteiger partial charge in [-0.15, -0.1) is 0 Å². The Hall–Kier alpha value is -1.65. The summed E-state index contributed by atoms with van der Waals surface area (Å²) in [5.41, 5.74) is 2.36. The maximum absolute atomic E-state index is 5.74. The normalized spacial score (nSPS) is 12.2. The van der Waals surface area contributed by atoms with Crippen LogP contribution in [0.3, 0.4) is 0 Å². The molecule has 0 bridgehead atoms. The van der Waals surface area contributed by atoms with Crippen LogP contribution in [0.2, 0.25) is 5.02 Å². The van der Waals surface area contributed by atoms with Gasteiger partial charge in [0.2, 0.25) is 5.95 Å². The number of hydrogen-bond acceptors (Lipinski definition) is 4. The van der Waals surface area contributed by atoms with Crippen molar-refractivity contribution < 1.29 is 4.74 Å². The lowest BCUT2D eigenvalue weighted by Crippen LogP contribution is -2.16. The largest absolute Gasteiger partial charge is 0.375 e. The first-order valence-corrected chi connectivity index (χ1v) is 6.38. The Bertz CT molecular complexity index is 530. The highest BCUT2D eigenvalue weighted by Crippen LogP contribution is 2.20. The molecule has 2 rings (SSSR count). The summed E-state index contributed by atoms with van der Waals surface area (Å²) in [4.78, 5) is 8.18. The molecule has 0 saturated heterocycles. The monoisotopic (exact) mass is 277 g/mol. The number of nitrogens with zero attached hydrogens (tertiary/aromatic N) is 2. The van der Waals surface area contributed by atoms with Crippen molar-refractivity contribution in [2.24, 2.45) is 0 Å². The smallest absolute Gasteiger partial charge is 0.222 e. The lowest BCUT2D eigenvalue weighted by molar-refractivity contribution is 0.113. The van der Waals surface area contributed by atoms with Crippen LogP contribution in [0.15, 0.2) is 36.7 Å². The van der Waals surface area contributed by atoms with Crippen molar-refractivity contribution in [3.8, 4) is 0 Å². The molecule has 19 heavy (non-hydrogen) atoms. The Morgan fingerprint density at radius 2 is 1.95 bits per heavy atom. The molecule has 2 aromatic rings. The van der Waals surface area contributed by atoms with E-state index < -0.39 is 0 Å². The molecule has 0 aliphatic rings. The molecule has 5 heteroatoms. The highest BCUT2D eigenvalue weighted by Gasteiger charge is 2.12. The van der Waals surface area contributed by atoms with Crippen molar-refractivity contribution in [2.75, 3.05) is 19.0 Å². The molecule has 1 N–H and O–H groups in total. The third-order valence-electron chi connectivity index (χ3n) is 2.89. The topological polar surface area (TPSA) is 47.0 Å². The van der Waals surface area contributed by atoms with Crippen LogP contribution in [0.4, 0.5) is 5.95 Å². The van der Waals surface area contributed by atoms with Crippen LogP contribution in [0.25, 0.3) is 0 Å². The minimum Gasteiger partial charge on any atom is -0.375 e. The van der Waals surface area contributed by atoms with Gasteiger partial charge in [0.15, 0.2) is 0 Å². The summed E-state index contributed by atoms with van der Waals surface area (Å²) in [5.74, 6) is 0.542. The highest BCUT2D eigenvalue weighted by molar-refractivity contribution is 6.30. The van der Waals surface area contributed by atoms with Crippen LogP contribution in [-0.2, 0) is 4.74 Å². The number of benzene rings is 1. The van der Waals surface area contributed by atoms with E-state index in [2.05, 4.69) is 34.3 Å². The summed E-state index contributed by atoms with van der Waals surface area (Å²) in [7, 11) is 1.70. The summed E-state index contributed by atoms with van der Waals surface area (Å²) in [5, 5.41) is 3.66. The fourth-order valence-corrected chi connectivity index (χ4v) is 1.95. The van der Waals surface area contributed by atoms with Gasteiger partial charge in [0.1, 0.15) is 0 Å². The zero-order valence-corrected chi connectivity index (χ0v) is 11.7. The summed E-state index contributed by atoms with van der Waals surface area (Å²) < 4.78 is 5.52. The predicted octanol–water partition coefficient (Wildman–Crippen LogP) is 3.24. The zero-order valence-electron chi connectivity index (χ0n) is 10.9. The number of rotatable bonds is 5. The molecule has 1 unspecified atom stereocenters. The van der Waals surface area contributed by atoms with Gasteiger partial charge in [-0.1, -0.05) is 35.9 Å². The lowest BCUT2D eigenvalue weighted by Gasteiger charge is -2.18. The van der Waals surface area contributed by atoms with E-state index in [0.29, 0.717) is 17.5 Å². The van der Waals surface area contributed by atoms with Crippen molar-refractivity contribution >= 4 is 17.5 Å². The number of halogens is 1. The van der Waals surface area contributed by atoms with Gasteiger partial charge < -0.3 is 10.1 Å². The van der Waals surface area contributed by atoms with Gasteiger partial charge in [-0.05, 0) is 18.1 Å². The molecule has 1 atom stereocenters. The first-order valence-electron chi connectivity index (χ1n) is 6.00. The molecular formula is C14H16ClN3O. The van der Waals surface area contributed by atoms with Gasteiger partial charge in [0.25, 0.3) is 0 Å². The predicted molar refractivity (Wildman–Crippen MR) is 76.5 cm³/mol. The molecule has 1 aromatic heterocycles. The summed E-state index contributed by atoms with van der Waals surface area (Å²) in [6, 6.07) is 8.16. The number of nitrogens with one attached hydrogen (secondary N) is 1. The van der Waals surface area contributed by atoms with Crippen LogP contribution >= 0.6 is 11.6 Å². The third-order valence-corrected chi connectivity index (χ3v) is 3.08. The Morgan fingerprint density at radius 3 is 2.58 bits per heavy atom. The quantitative estimate of drug-likeness (QED) is 0.911. The summed E-state index contributed by atoms with van der Waals surface area (Å²) in [6.07, 6.45) is 3.08. The highest BCUT2D eigenvalue weighted by atomic mass is 35.5. The maximum atomic E-state index is 5.74. The van der Waals surface area contributed by atoms with Gasteiger partial charge in [0.05, 0.1) is 23.5 Å².